The fraction of sp³-hybridized carbons (Fsp3) is 0. The van der Waals surface area contributed by atoms with E-state index in [4.69, 9.17) is 11.3 Å². The van der Waals surface area contributed by atoms with E-state index >= 15 is 0 Å². The molecule has 0 aliphatic carbocycles. The van der Waals surface area contributed by atoms with E-state index in [9.17, 15) is 0 Å². The third kappa shape index (κ3) is 3.48. The molecule has 182 valence electrons. The van der Waals surface area contributed by atoms with Crippen LogP contribution in [0.5, 0.6) is 0 Å². The monoisotopic (exact) mass is 501 g/mol. The summed E-state index contributed by atoms with van der Waals surface area (Å²) >= 11 is 0. The molecule has 8 rings (SSSR count). The summed E-state index contributed by atoms with van der Waals surface area (Å²) in [4.78, 5) is 0. The Bertz CT molecular complexity index is 2350. The zero-order valence-electron chi connectivity index (χ0n) is 25.9. The molecule has 8 aromatic rings. The molecule has 7 aromatic carbocycles. The Balaban J connectivity index is 1.34. The van der Waals surface area contributed by atoms with Gasteiger partial charge in [0, 0.05) is 10.8 Å². The molecule has 39 heavy (non-hydrogen) atoms. The van der Waals surface area contributed by atoms with Crippen LogP contribution >= 0.6 is 0 Å². The molecule has 0 saturated carbocycles. The number of hydrogen-bond donors (Lipinski definition) is 0. The molecule has 0 radical (unpaired) electrons. The van der Waals surface area contributed by atoms with Gasteiger partial charge in [-0.15, -0.1) is 0 Å². The van der Waals surface area contributed by atoms with E-state index in [1.54, 1.807) is 0 Å². The first kappa shape index (κ1) is 17.4. The summed E-state index contributed by atoms with van der Waals surface area (Å²) in [6, 6.07) is 37.2. The van der Waals surface area contributed by atoms with Gasteiger partial charge in [0.05, 0.1) is 6.85 Å². The van der Waals surface area contributed by atoms with Gasteiger partial charge in [0.2, 0.25) is 0 Å². The quantitative estimate of drug-likeness (QED) is 0.219. The molecule has 0 amide bonds. The molecule has 0 bridgehead atoms. The van der Waals surface area contributed by atoms with Crippen molar-refractivity contribution in [1.29, 1.82) is 0 Å². The van der Waals surface area contributed by atoms with Crippen LogP contribution in [0.15, 0.2) is 150 Å². The van der Waals surface area contributed by atoms with Crippen LogP contribution in [0, 0.1) is 0 Å². The Morgan fingerprint density at radius 3 is 1.51 bits per heavy atom. The molecule has 1 heterocycles. The van der Waals surface area contributed by atoms with E-state index in [0.717, 1.165) is 65.7 Å². The summed E-state index contributed by atoms with van der Waals surface area (Å²) in [5.41, 5.74) is 6.86. The smallest absolute Gasteiger partial charge is 0.135 e. The van der Waals surface area contributed by atoms with Gasteiger partial charge in [0.25, 0.3) is 0 Å². The van der Waals surface area contributed by atoms with Crippen molar-refractivity contribution in [2.24, 2.45) is 0 Å². The Kier molecular flexibility index (Phi) is 3.89. The van der Waals surface area contributed by atoms with Crippen LogP contribution in [0.3, 0.4) is 0 Å². The largest absolute Gasteiger partial charge is 0.456 e. The zero-order valence-corrected chi connectivity index (χ0v) is 20.9. The lowest BCUT2D eigenvalue weighted by atomic mass is 9.86. The van der Waals surface area contributed by atoms with Crippen molar-refractivity contribution < 1.29 is 11.3 Å². The van der Waals surface area contributed by atoms with Crippen molar-refractivity contribution >= 4 is 43.5 Å². The summed E-state index contributed by atoms with van der Waals surface area (Å²) in [7, 11) is 0. The van der Waals surface area contributed by atoms with Gasteiger partial charge < -0.3 is 4.42 Å². The van der Waals surface area contributed by atoms with Crippen molar-refractivity contribution in [3.63, 3.8) is 0 Å². The Labute approximate surface area is 233 Å². The number of para-hydroxylation sites is 1. The molecule has 0 aliphatic rings. The van der Waals surface area contributed by atoms with Gasteiger partial charge in [0.1, 0.15) is 11.2 Å². The molecule has 0 N–H and O–H groups in total. The predicted octanol–water partition coefficient (Wildman–Crippen LogP) is 10.9. The van der Waals surface area contributed by atoms with Crippen LogP contribution in [0.4, 0.5) is 0 Å². The van der Waals surface area contributed by atoms with E-state index in [2.05, 4.69) is 42.5 Å². The lowest BCUT2D eigenvalue weighted by Gasteiger charge is -2.18. The van der Waals surface area contributed by atoms with Gasteiger partial charge in [-0.05, 0) is 73.1 Å². The van der Waals surface area contributed by atoms with Crippen LogP contribution < -0.4 is 0 Å². The maximum absolute atomic E-state index is 8.75. The maximum Gasteiger partial charge on any atom is 0.135 e. The SMILES string of the molecule is [2H]c1c([2H])c([2H])c(-c2c3ccccc3c(-c3ccc(-c4ccc5oc6ccccc6c5c4)cc3)c3ccccc23)c([2H])c1[2H]. The number of furan rings is 1. The van der Waals surface area contributed by atoms with Crippen molar-refractivity contribution in [3.05, 3.63) is 145 Å². The minimum Gasteiger partial charge on any atom is -0.456 e. The van der Waals surface area contributed by atoms with Gasteiger partial charge >= 0.3 is 0 Å². The Morgan fingerprint density at radius 2 is 0.872 bits per heavy atom. The molecule has 1 aromatic heterocycles. The third-order valence-electron chi connectivity index (χ3n) is 7.57. The highest BCUT2D eigenvalue weighted by molar-refractivity contribution is 6.21. The topological polar surface area (TPSA) is 13.1 Å². The molecular weight excluding hydrogens is 472 g/mol. The van der Waals surface area contributed by atoms with Crippen LogP contribution in [0.2, 0.25) is 0 Å². The second kappa shape index (κ2) is 8.72. The van der Waals surface area contributed by atoms with E-state index < -0.39 is 6.04 Å². The summed E-state index contributed by atoms with van der Waals surface area (Å²) in [5, 5.41) is 5.75. The predicted molar refractivity (Wildman–Crippen MR) is 165 cm³/mol. The van der Waals surface area contributed by atoms with Gasteiger partial charge in [-0.2, -0.15) is 0 Å². The lowest BCUT2D eigenvalue weighted by Crippen LogP contribution is -1.90. The highest BCUT2D eigenvalue weighted by Gasteiger charge is 2.16. The van der Waals surface area contributed by atoms with Crippen molar-refractivity contribution in [3.8, 4) is 33.4 Å². The molecule has 0 saturated heterocycles. The first-order valence-electron chi connectivity index (χ1n) is 15.4. The normalized spacial score (nSPS) is 13.4. The summed E-state index contributed by atoms with van der Waals surface area (Å²) < 4.78 is 48.3. The summed E-state index contributed by atoms with van der Waals surface area (Å²) in [6.45, 7) is 0. The lowest BCUT2D eigenvalue weighted by molar-refractivity contribution is 0.669. The van der Waals surface area contributed by atoms with E-state index in [1.165, 1.54) is 0 Å². The standard InChI is InChI=1S/C38H24O/c1-2-10-26(11-3-1)37-30-13-4-6-15-32(30)38(33-16-7-5-14-31(33)37)27-20-18-25(19-21-27)28-22-23-36-34(24-28)29-12-8-9-17-35(29)39-36/h1-24H/i1D,2D,3D,10D,11D. The minimum absolute atomic E-state index is 0.203. The average Bonchev–Trinajstić information content (AvgIpc) is 3.44. The van der Waals surface area contributed by atoms with Crippen LogP contribution in [0.1, 0.15) is 6.85 Å². The molecule has 0 unspecified atom stereocenters. The van der Waals surface area contributed by atoms with E-state index in [0.29, 0.717) is 5.56 Å². The second-order valence-corrected chi connectivity index (χ2v) is 9.73. The van der Waals surface area contributed by atoms with Gasteiger partial charge in [0.15, 0.2) is 0 Å². The van der Waals surface area contributed by atoms with E-state index in [-0.39, 0.29) is 29.7 Å². The molecular formula is C38H24O. The molecule has 0 aliphatic heterocycles. The fourth-order valence-electron chi connectivity index (χ4n) is 5.82. The Hall–Kier alpha value is -5.14. The van der Waals surface area contributed by atoms with E-state index in [1.807, 2.05) is 72.8 Å². The number of hydrogen-bond acceptors (Lipinski definition) is 1. The molecule has 1 heteroatoms. The van der Waals surface area contributed by atoms with Crippen LogP contribution in [-0.2, 0) is 0 Å². The van der Waals surface area contributed by atoms with Crippen molar-refractivity contribution in [2.45, 2.75) is 0 Å². The van der Waals surface area contributed by atoms with Gasteiger partial charge in [-0.3, -0.25) is 0 Å². The Morgan fingerprint density at radius 1 is 0.385 bits per heavy atom. The zero-order chi connectivity index (χ0) is 30.1. The first-order valence-corrected chi connectivity index (χ1v) is 12.9. The maximum atomic E-state index is 8.75. The van der Waals surface area contributed by atoms with Crippen LogP contribution in [-0.4, -0.2) is 0 Å². The summed E-state index contributed by atoms with van der Waals surface area (Å²) in [5.74, 6) is 0. The van der Waals surface area contributed by atoms with Gasteiger partial charge in [-0.1, -0.05) is 127 Å². The molecule has 0 atom stereocenters. The summed E-state index contributed by atoms with van der Waals surface area (Å²) in [6.07, 6.45) is 0. The number of rotatable bonds is 3. The second-order valence-electron chi connectivity index (χ2n) is 9.73. The highest BCUT2D eigenvalue weighted by atomic mass is 16.3. The van der Waals surface area contributed by atoms with Crippen molar-refractivity contribution in [2.75, 3.05) is 0 Å². The average molecular weight is 502 g/mol. The fourth-order valence-corrected chi connectivity index (χ4v) is 5.82. The minimum atomic E-state index is -0.394. The highest BCUT2D eigenvalue weighted by Crippen LogP contribution is 2.44. The van der Waals surface area contributed by atoms with Gasteiger partial charge in [-0.25, -0.2) is 0 Å². The third-order valence-corrected chi connectivity index (χ3v) is 7.57. The first-order chi connectivity index (χ1) is 21.4. The van der Waals surface area contributed by atoms with Crippen LogP contribution in [0.25, 0.3) is 76.9 Å². The molecule has 0 spiro atoms. The molecule has 1 nitrogen and oxygen atoms in total. The van der Waals surface area contributed by atoms with Crippen molar-refractivity contribution in [1.82, 2.24) is 0 Å². The number of benzene rings is 7. The number of fused-ring (bicyclic) bond motifs is 5. The molecule has 0 fully saturated rings.